The van der Waals surface area contributed by atoms with Crippen LogP contribution in [0.1, 0.15) is 40.5 Å². The topological polar surface area (TPSA) is 149 Å². The number of hydrogen-bond acceptors (Lipinski definition) is 9. The fraction of sp³-hybridized carbons (Fsp3) is 0.516. The van der Waals surface area contributed by atoms with Crippen molar-refractivity contribution in [2.45, 2.75) is 65.0 Å². The fourth-order valence-corrected chi connectivity index (χ4v) is 5.02. The number of rotatable bonds is 6. The number of nitrogens with one attached hydrogen (secondary N) is 2. The summed E-state index contributed by atoms with van der Waals surface area (Å²) in [5.41, 5.74) is 7.34. The van der Waals surface area contributed by atoms with E-state index in [4.69, 9.17) is 19.9 Å². The maximum Gasteiger partial charge on any atom is 0.405 e. The maximum absolute atomic E-state index is 13.6. The second kappa shape index (κ2) is 16.2. The van der Waals surface area contributed by atoms with Gasteiger partial charge in [-0.15, -0.1) is 0 Å². The highest BCUT2D eigenvalue weighted by atomic mass is 19.1. The minimum absolute atomic E-state index is 0.0501. The Bertz CT molecular complexity index is 1190. The number of hydrogen-bond donors (Lipinski definition) is 4. The van der Waals surface area contributed by atoms with E-state index in [1.54, 1.807) is 45.1 Å². The van der Waals surface area contributed by atoms with E-state index in [0.717, 1.165) is 0 Å². The number of Topliss-reactive ketones (excluding diaryl/α,β-unsaturated/α-hetero) is 1. The highest BCUT2D eigenvalue weighted by Crippen LogP contribution is 2.29. The molecule has 0 aromatic rings. The molecule has 0 unspecified atom stereocenters. The van der Waals surface area contributed by atoms with Crippen molar-refractivity contribution < 1.29 is 38.1 Å². The van der Waals surface area contributed by atoms with Crippen molar-refractivity contribution in [1.29, 1.82) is 0 Å². The van der Waals surface area contributed by atoms with Crippen molar-refractivity contribution in [3.63, 3.8) is 0 Å². The van der Waals surface area contributed by atoms with Crippen molar-refractivity contribution in [3.8, 4) is 0 Å². The molecule has 11 heteroatoms. The van der Waals surface area contributed by atoms with Gasteiger partial charge < -0.3 is 35.7 Å². The lowest BCUT2D eigenvalue weighted by Crippen LogP contribution is -2.37. The number of carbonyl (C=O) groups excluding carboxylic acids is 3. The highest BCUT2D eigenvalue weighted by Gasteiger charge is 2.33. The molecule has 1 aliphatic carbocycles. The molecule has 2 aliphatic rings. The number of ether oxygens (including phenoxy) is 3. The first kappa shape index (κ1) is 34.7. The summed E-state index contributed by atoms with van der Waals surface area (Å²) >= 11 is 0. The zero-order valence-electron chi connectivity index (χ0n) is 25.2. The maximum atomic E-state index is 13.6. The van der Waals surface area contributed by atoms with Gasteiger partial charge in [0.2, 0.25) is 11.6 Å². The third-order valence-corrected chi connectivity index (χ3v) is 7.35. The van der Waals surface area contributed by atoms with Crippen LogP contribution in [0, 0.1) is 11.8 Å². The first-order valence-electron chi connectivity index (χ1n) is 13.9. The van der Waals surface area contributed by atoms with Gasteiger partial charge in [0.25, 0.3) is 0 Å². The molecular weight excluding hydrogens is 545 g/mol. The van der Waals surface area contributed by atoms with Crippen molar-refractivity contribution in [2.75, 3.05) is 27.4 Å². The molecule has 0 saturated heterocycles. The van der Waals surface area contributed by atoms with Gasteiger partial charge >= 0.3 is 6.09 Å². The SMILES string of the molecule is C=C1NC2=CC(=O)C(NCCF)=C(C[C@@H](C)C[C@H](OC)[C@@H](O)[C@@H](C)/C=C(/C)[C@H](OC(N)=O)[C@@H](OC)/C=C\C=C/1C)C2=O. The van der Waals surface area contributed by atoms with Gasteiger partial charge in [-0.05, 0) is 43.8 Å². The molecule has 232 valence electrons. The average molecular weight is 590 g/mol. The standard InChI is InChI=1S/C31H44FN3O7/c1-17-13-22-27(34-12-11-32)24(36)16-23(29(22)38)35-21(5)18(2)9-8-10-25(40-6)30(42-31(33)39)20(4)15-19(3)28(37)26(14-17)41-7/h8-10,15-17,19,25-26,28,30,34-35,37H,5,11-14H2,1-4,6-7H3,(H2,33,39)/b10-8-,18-9-,20-15-/t17-,19+,25+,26+,28+,30+/m1/s1. The third kappa shape index (κ3) is 9.23. The first-order chi connectivity index (χ1) is 19.8. The number of aliphatic hydroxyl groups excluding tert-OH is 1. The van der Waals surface area contributed by atoms with Gasteiger partial charge in [0, 0.05) is 44.0 Å². The van der Waals surface area contributed by atoms with Gasteiger partial charge in [-0.3, -0.25) is 9.59 Å². The summed E-state index contributed by atoms with van der Waals surface area (Å²) in [6, 6.07) is 0. The predicted octanol–water partition coefficient (Wildman–Crippen LogP) is 3.31. The molecule has 0 radical (unpaired) electrons. The van der Waals surface area contributed by atoms with Crippen molar-refractivity contribution >= 4 is 17.7 Å². The summed E-state index contributed by atoms with van der Waals surface area (Å²) in [5, 5.41) is 16.9. The van der Waals surface area contributed by atoms with Crippen LogP contribution in [0.2, 0.25) is 0 Å². The van der Waals surface area contributed by atoms with Gasteiger partial charge in [-0.2, -0.15) is 0 Å². The number of nitrogens with two attached hydrogens (primary N) is 1. The van der Waals surface area contributed by atoms with E-state index in [9.17, 15) is 23.9 Å². The Hall–Kier alpha value is -3.54. The Morgan fingerprint density at radius 2 is 1.93 bits per heavy atom. The zero-order valence-corrected chi connectivity index (χ0v) is 25.2. The summed E-state index contributed by atoms with van der Waals surface area (Å²) in [6.07, 6.45) is 4.40. The largest absolute Gasteiger partial charge is 0.439 e. The molecule has 0 fully saturated rings. The molecule has 0 aromatic heterocycles. The van der Waals surface area contributed by atoms with E-state index >= 15 is 0 Å². The van der Waals surface area contributed by atoms with E-state index in [2.05, 4.69) is 17.2 Å². The molecule has 42 heavy (non-hydrogen) atoms. The molecule has 5 N–H and O–H groups in total. The number of carbonyl (C=O) groups is 3. The van der Waals surface area contributed by atoms with E-state index in [1.165, 1.54) is 20.3 Å². The predicted molar refractivity (Wildman–Crippen MR) is 158 cm³/mol. The molecule has 1 amide bonds. The van der Waals surface area contributed by atoms with Gasteiger partial charge in [-0.1, -0.05) is 44.7 Å². The normalized spacial score (nSPS) is 31.7. The van der Waals surface area contributed by atoms with Gasteiger partial charge in [0.1, 0.15) is 12.8 Å². The number of fused-ring (bicyclic) bond motifs is 2. The van der Waals surface area contributed by atoms with Crippen LogP contribution in [0.15, 0.2) is 70.8 Å². The average Bonchev–Trinajstić information content (AvgIpc) is 2.94. The highest BCUT2D eigenvalue weighted by molar-refractivity contribution is 6.22. The molecule has 6 atom stereocenters. The van der Waals surface area contributed by atoms with E-state index in [0.29, 0.717) is 23.3 Å². The lowest BCUT2D eigenvalue weighted by atomic mass is 9.85. The fourth-order valence-electron chi connectivity index (χ4n) is 5.02. The Labute approximate surface area is 247 Å². The van der Waals surface area contributed by atoms with Crippen LogP contribution in [0.3, 0.4) is 0 Å². The number of allylic oxidation sites excluding steroid dienone is 5. The lowest BCUT2D eigenvalue weighted by Gasteiger charge is -2.30. The molecule has 2 rings (SSSR count). The minimum atomic E-state index is -0.976. The molecule has 1 heterocycles. The van der Waals surface area contributed by atoms with Crippen LogP contribution in [0.25, 0.3) is 0 Å². The monoisotopic (exact) mass is 589 g/mol. The molecule has 10 nitrogen and oxygen atoms in total. The summed E-state index contributed by atoms with van der Waals surface area (Å²) in [4.78, 5) is 38.4. The van der Waals surface area contributed by atoms with Crippen LogP contribution >= 0.6 is 0 Å². The van der Waals surface area contributed by atoms with Crippen molar-refractivity contribution in [1.82, 2.24) is 10.6 Å². The zero-order chi connectivity index (χ0) is 31.6. The Morgan fingerprint density at radius 3 is 2.52 bits per heavy atom. The number of methoxy groups -OCH3 is 2. The van der Waals surface area contributed by atoms with Crippen LogP contribution in [-0.4, -0.2) is 74.6 Å². The molecule has 1 aliphatic heterocycles. The number of halogens is 1. The number of ketones is 2. The second-order valence-electron chi connectivity index (χ2n) is 10.7. The van der Waals surface area contributed by atoms with Crippen LogP contribution < -0.4 is 16.4 Å². The van der Waals surface area contributed by atoms with Gasteiger partial charge in [-0.25, -0.2) is 9.18 Å². The van der Waals surface area contributed by atoms with Crippen LogP contribution in [0.4, 0.5) is 9.18 Å². The quantitative estimate of drug-likeness (QED) is 0.270. The van der Waals surface area contributed by atoms with Gasteiger partial charge in [0.05, 0.1) is 23.6 Å². The third-order valence-electron chi connectivity index (χ3n) is 7.35. The summed E-state index contributed by atoms with van der Waals surface area (Å²) in [7, 11) is 2.95. The summed E-state index contributed by atoms with van der Waals surface area (Å²) < 4.78 is 29.6. The molecule has 0 saturated carbocycles. The smallest absolute Gasteiger partial charge is 0.405 e. The molecule has 0 spiro atoms. The Morgan fingerprint density at radius 1 is 1.24 bits per heavy atom. The molecule has 2 bridgehead atoms. The van der Waals surface area contributed by atoms with Crippen molar-refractivity contribution in [3.05, 3.63) is 70.8 Å². The Balaban J connectivity index is 2.61. The number of aliphatic hydroxyl groups is 1. The number of primary amides is 1. The Kier molecular flexibility index (Phi) is 13.4. The van der Waals surface area contributed by atoms with Gasteiger partial charge in [0.15, 0.2) is 6.10 Å². The number of alkyl halides is 1. The molecule has 0 aromatic carbocycles. The van der Waals surface area contributed by atoms with Crippen LogP contribution in [0.5, 0.6) is 0 Å². The van der Waals surface area contributed by atoms with E-state index < -0.39 is 54.7 Å². The minimum Gasteiger partial charge on any atom is -0.439 e. The van der Waals surface area contributed by atoms with E-state index in [-0.39, 0.29) is 35.9 Å². The summed E-state index contributed by atoms with van der Waals surface area (Å²) in [6.45, 7) is 10.4. The van der Waals surface area contributed by atoms with E-state index in [1.807, 2.05) is 6.92 Å². The number of amides is 1. The van der Waals surface area contributed by atoms with Crippen LogP contribution in [-0.2, 0) is 23.8 Å². The van der Waals surface area contributed by atoms with Crippen molar-refractivity contribution in [2.24, 2.45) is 17.6 Å². The second-order valence-corrected chi connectivity index (χ2v) is 10.7. The summed E-state index contributed by atoms with van der Waals surface area (Å²) in [5.74, 6) is -1.51. The lowest BCUT2D eigenvalue weighted by molar-refractivity contribution is -0.116. The molecular formula is C31H44FN3O7. The first-order valence-corrected chi connectivity index (χ1v) is 13.9.